The van der Waals surface area contributed by atoms with Crippen molar-refractivity contribution in [1.29, 1.82) is 0 Å². The van der Waals surface area contributed by atoms with Crippen molar-refractivity contribution in [2.45, 2.75) is 38.6 Å². The number of halogens is 2. The molecule has 1 aromatic carbocycles. The van der Waals surface area contributed by atoms with Gasteiger partial charge >= 0.3 is 0 Å². The molecule has 0 bridgehead atoms. The number of anilines is 1. The second kappa shape index (κ2) is 5.17. The molecule has 2 rings (SSSR count). The molecule has 1 fully saturated rings. The molecule has 3 heteroatoms. The third-order valence-corrected chi connectivity index (χ3v) is 3.99. The molecule has 1 saturated carbocycles. The molecule has 2 unspecified atom stereocenters. The predicted molar refractivity (Wildman–Crippen MR) is 69.1 cm³/mol. The molecular weight excluding hydrogens is 269 g/mol. The van der Waals surface area contributed by atoms with Crippen LogP contribution in [0.25, 0.3) is 0 Å². The van der Waals surface area contributed by atoms with E-state index < -0.39 is 0 Å². The van der Waals surface area contributed by atoms with E-state index in [2.05, 4.69) is 28.2 Å². The van der Waals surface area contributed by atoms with E-state index in [4.69, 9.17) is 0 Å². The average molecular weight is 286 g/mol. The Morgan fingerprint density at radius 1 is 1.31 bits per heavy atom. The van der Waals surface area contributed by atoms with Gasteiger partial charge < -0.3 is 5.32 Å². The fourth-order valence-electron chi connectivity index (χ4n) is 2.33. The molecule has 0 saturated heterocycles. The molecule has 1 aliphatic carbocycles. The first-order valence-corrected chi connectivity index (χ1v) is 6.67. The highest BCUT2D eigenvalue weighted by atomic mass is 79.9. The summed E-state index contributed by atoms with van der Waals surface area (Å²) >= 11 is 3.21. The van der Waals surface area contributed by atoms with Crippen LogP contribution >= 0.6 is 15.9 Å². The van der Waals surface area contributed by atoms with E-state index in [0.29, 0.717) is 16.4 Å². The topological polar surface area (TPSA) is 12.0 Å². The van der Waals surface area contributed by atoms with Crippen molar-refractivity contribution < 1.29 is 4.39 Å². The van der Waals surface area contributed by atoms with Crippen molar-refractivity contribution in [3.8, 4) is 0 Å². The summed E-state index contributed by atoms with van der Waals surface area (Å²) in [5.74, 6) is 0.500. The van der Waals surface area contributed by atoms with E-state index in [1.807, 2.05) is 6.07 Å². The van der Waals surface area contributed by atoms with Crippen LogP contribution in [0.3, 0.4) is 0 Å². The summed E-state index contributed by atoms with van der Waals surface area (Å²) in [7, 11) is 0. The lowest BCUT2D eigenvalue weighted by Crippen LogP contribution is -2.30. The van der Waals surface area contributed by atoms with Crippen molar-refractivity contribution in [2.24, 2.45) is 5.92 Å². The zero-order valence-electron chi connectivity index (χ0n) is 9.47. The predicted octanol–water partition coefficient (Wildman–Crippen LogP) is 4.58. The standard InChI is InChI=1S/C13H17BrFN/c1-9-4-2-3-5-13(9)16-10-6-7-12(15)11(14)8-10/h6-9,13,16H,2-5H2,1H3. The van der Waals surface area contributed by atoms with E-state index in [1.54, 1.807) is 6.07 Å². The van der Waals surface area contributed by atoms with Crippen molar-refractivity contribution in [1.82, 2.24) is 0 Å². The van der Waals surface area contributed by atoms with Crippen LogP contribution in [0, 0.1) is 11.7 Å². The molecule has 1 N–H and O–H groups in total. The SMILES string of the molecule is CC1CCCCC1Nc1ccc(F)c(Br)c1. The van der Waals surface area contributed by atoms with Crippen LogP contribution in [0.5, 0.6) is 0 Å². The highest BCUT2D eigenvalue weighted by Gasteiger charge is 2.20. The first-order chi connectivity index (χ1) is 7.66. The zero-order chi connectivity index (χ0) is 11.5. The average Bonchev–Trinajstić information content (AvgIpc) is 2.27. The largest absolute Gasteiger partial charge is 0.382 e. The molecule has 16 heavy (non-hydrogen) atoms. The fourth-order valence-corrected chi connectivity index (χ4v) is 2.71. The van der Waals surface area contributed by atoms with Gasteiger partial charge in [-0.15, -0.1) is 0 Å². The van der Waals surface area contributed by atoms with Crippen LogP contribution in [0.1, 0.15) is 32.6 Å². The summed E-state index contributed by atoms with van der Waals surface area (Å²) in [5, 5.41) is 3.50. The molecule has 1 nitrogen and oxygen atoms in total. The lowest BCUT2D eigenvalue weighted by molar-refractivity contribution is 0.349. The summed E-state index contributed by atoms with van der Waals surface area (Å²) < 4.78 is 13.6. The lowest BCUT2D eigenvalue weighted by Gasteiger charge is -2.30. The van der Waals surface area contributed by atoms with Gasteiger partial charge in [-0.05, 0) is 52.9 Å². The Balaban J connectivity index is 2.05. The van der Waals surface area contributed by atoms with Crippen molar-refractivity contribution in [3.05, 3.63) is 28.5 Å². The Morgan fingerprint density at radius 3 is 2.75 bits per heavy atom. The van der Waals surface area contributed by atoms with Crippen LogP contribution in [0.2, 0.25) is 0 Å². The van der Waals surface area contributed by atoms with Gasteiger partial charge in [-0.1, -0.05) is 19.8 Å². The number of rotatable bonds is 2. The molecule has 0 spiro atoms. The Hall–Kier alpha value is -0.570. The van der Waals surface area contributed by atoms with E-state index in [9.17, 15) is 4.39 Å². The van der Waals surface area contributed by atoms with Crippen LogP contribution in [-0.4, -0.2) is 6.04 Å². The van der Waals surface area contributed by atoms with Gasteiger partial charge in [0.15, 0.2) is 0 Å². The first kappa shape index (κ1) is 11.9. The van der Waals surface area contributed by atoms with Gasteiger partial charge in [0.05, 0.1) is 4.47 Å². The van der Waals surface area contributed by atoms with Crippen LogP contribution in [0.15, 0.2) is 22.7 Å². The second-order valence-electron chi connectivity index (χ2n) is 4.64. The van der Waals surface area contributed by atoms with Gasteiger partial charge in [-0.3, -0.25) is 0 Å². The van der Waals surface area contributed by atoms with Crippen LogP contribution in [0.4, 0.5) is 10.1 Å². The van der Waals surface area contributed by atoms with Gasteiger partial charge in [0.1, 0.15) is 5.82 Å². The minimum atomic E-state index is -0.206. The molecule has 0 aromatic heterocycles. The maximum Gasteiger partial charge on any atom is 0.137 e. The maximum atomic E-state index is 13.1. The normalized spacial score (nSPS) is 25.4. The number of benzene rings is 1. The van der Waals surface area contributed by atoms with Crippen molar-refractivity contribution >= 4 is 21.6 Å². The van der Waals surface area contributed by atoms with Gasteiger partial charge in [-0.25, -0.2) is 4.39 Å². The summed E-state index contributed by atoms with van der Waals surface area (Å²) in [4.78, 5) is 0. The quantitative estimate of drug-likeness (QED) is 0.839. The van der Waals surface area contributed by atoms with Crippen molar-refractivity contribution in [3.63, 3.8) is 0 Å². The number of nitrogens with one attached hydrogen (secondary N) is 1. The molecule has 0 heterocycles. The second-order valence-corrected chi connectivity index (χ2v) is 5.50. The first-order valence-electron chi connectivity index (χ1n) is 5.88. The lowest BCUT2D eigenvalue weighted by atomic mass is 9.86. The molecule has 1 aromatic rings. The Bertz CT molecular complexity index is 367. The molecule has 0 amide bonds. The smallest absolute Gasteiger partial charge is 0.137 e. The van der Waals surface area contributed by atoms with Gasteiger partial charge in [0.25, 0.3) is 0 Å². The number of hydrogen-bond donors (Lipinski definition) is 1. The van der Waals surface area contributed by atoms with Crippen LogP contribution < -0.4 is 5.32 Å². The Kier molecular flexibility index (Phi) is 3.85. The summed E-state index contributed by atoms with van der Waals surface area (Å²) in [5.41, 5.74) is 1.01. The van der Waals surface area contributed by atoms with E-state index >= 15 is 0 Å². The highest BCUT2D eigenvalue weighted by molar-refractivity contribution is 9.10. The van der Waals surface area contributed by atoms with Gasteiger partial charge in [0.2, 0.25) is 0 Å². The minimum Gasteiger partial charge on any atom is -0.382 e. The maximum absolute atomic E-state index is 13.1. The fraction of sp³-hybridized carbons (Fsp3) is 0.538. The summed E-state index contributed by atoms with van der Waals surface area (Å²) in [6.07, 6.45) is 5.15. The molecule has 88 valence electrons. The molecule has 0 radical (unpaired) electrons. The highest BCUT2D eigenvalue weighted by Crippen LogP contribution is 2.28. The monoisotopic (exact) mass is 285 g/mol. The van der Waals surface area contributed by atoms with E-state index in [1.165, 1.54) is 31.7 Å². The summed E-state index contributed by atoms with van der Waals surface area (Å²) in [6, 6.07) is 5.66. The zero-order valence-corrected chi connectivity index (χ0v) is 11.1. The van der Waals surface area contributed by atoms with Crippen molar-refractivity contribution in [2.75, 3.05) is 5.32 Å². The van der Waals surface area contributed by atoms with E-state index in [-0.39, 0.29) is 5.82 Å². The Morgan fingerprint density at radius 2 is 2.06 bits per heavy atom. The third-order valence-electron chi connectivity index (χ3n) is 3.38. The molecule has 0 aliphatic heterocycles. The molecular formula is C13H17BrFN. The third kappa shape index (κ3) is 2.76. The molecule has 1 aliphatic rings. The Labute approximate surface area is 105 Å². The number of hydrogen-bond acceptors (Lipinski definition) is 1. The van der Waals surface area contributed by atoms with Crippen LogP contribution in [-0.2, 0) is 0 Å². The van der Waals surface area contributed by atoms with Gasteiger partial charge in [-0.2, -0.15) is 0 Å². The summed E-state index contributed by atoms with van der Waals surface area (Å²) in [6.45, 7) is 2.29. The minimum absolute atomic E-state index is 0.206. The van der Waals surface area contributed by atoms with E-state index in [0.717, 1.165) is 5.69 Å². The molecule has 2 atom stereocenters. The van der Waals surface area contributed by atoms with Gasteiger partial charge in [0, 0.05) is 11.7 Å².